The van der Waals surface area contributed by atoms with Gasteiger partial charge in [0.25, 0.3) is 0 Å². The second kappa shape index (κ2) is 9.96. The first-order valence-electron chi connectivity index (χ1n) is 11.5. The van der Waals surface area contributed by atoms with Crippen molar-refractivity contribution in [1.82, 2.24) is 0 Å². The van der Waals surface area contributed by atoms with Gasteiger partial charge in [0, 0.05) is 27.0 Å². The molecule has 0 N–H and O–H groups in total. The Balaban J connectivity index is 3.26. The van der Waals surface area contributed by atoms with Crippen LogP contribution in [0.4, 0.5) is 0 Å². The van der Waals surface area contributed by atoms with Gasteiger partial charge in [-0.15, -0.1) is 0 Å². The van der Waals surface area contributed by atoms with Crippen LogP contribution in [0.1, 0.15) is 82.6 Å². The molecule has 0 aliphatic carbocycles. The predicted molar refractivity (Wildman–Crippen MR) is 145 cm³/mol. The smallest absolute Gasteiger partial charge is 0.350 e. The third-order valence-electron chi connectivity index (χ3n) is 7.17. The van der Waals surface area contributed by atoms with Crippen molar-refractivity contribution in [3.05, 3.63) is 11.6 Å². The molecule has 0 spiro atoms. The minimum absolute atomic E-state index is 0.0210. The van der Waals surface area contributed by atoms with E-state index in [1.54, 1.807) is 0 Å². The van der Waals surface area contributed by atoms with Crippen molar-refractivity contribution in [3.8, 4) is 0 Å². The maximum Gasteiger partial charge on any atom is 0.350 e. The van der Waals surface area contributed by atoms with Crippen molar-refractivity contribution in [2.24, 2.45) is 5.92 Å². The highest BCUT2D eigenvalue weighted by Gasteiger charge is 2.63. The quantitative estimate of drug-likeness (QED) is 0.140. The standard InChI is InChI=1S/C24H49IO3Si2/c1-18(14-16-25)21-19(2)20(15-17-26-29(12,13)22(3,4)5)27-30(28-21,23(6,7)8)24(9,10)11/h14,19-21H,15-17H2,1-13H3/b18-14-/t19-,20-,21-/m0/s1. The van der Waals surface area contributed by atoms with Gasteiger partial charge in [0.2, 0.25) is 0 Å². The van der Waals surface area contributed by atoms with E-state index in [9.17, 15) is 0 Å². The first-order valence-corrected chi connectivity index (χ1v) is 17.8. The van der Waals surface area contributed by atoms with Crippen molar-refractivity contribution in [3.63, 3.8) is 0 Å². The number of halogens is 1. The van der Waals surface area contributed by atoms with E-state index in [2.05, 4.69) is 118 Å². The lowest BCUT2D eigenvalue weighted by atomic mass is 9.91. The molecular formula is C24H49IO3Si2. The van der Waals surface area contributed by atoms with E-state index in [1.165, 1.54) is 5.57 Å². The summed E-state index contributed by atoms with van der Waals surface area (Å²) in [5, 5.41) is 0.187. The number of rotatable bonds is 6. The lowest BCUT2D eigenvalue weighted by Gasteiger charge is -2.57. The van der Waals surface area contributed by atoms with E-state index in [0.29, 0.717) is 5.92 Å². The molecule has 30 heavy (non-hydrogen) atoms. The van der Waals surface area contributed by atoms with Crippen molar-refractivity contribution >= 4 is 39.5 Å². The molecule has 0 aromatic heterocycles. The van der Waals surface area contributed by atoms with Gasteiger partial charge in [-0.05, 0) is 37.0 Å². The Morgan fingerprint density at radius 3 is 1.90 bits per heavy atom. The van der Waals surface area contributed by atoms with Crippen LogP contribution in [0.25, 0.3) is 0 Å². The summed E-state index contributed by atoms with van der Waals surface area (Å²) in [6.45, 7) is 30.7. The maximum absolute atomic E-state index is 7.10. The summed E-state index contributed by atoms with van der Waals surface area (Å²) in [5.74, 6) is 0.317. The normalized spacial score (nSPS) is 26.7. The molecule has 0 saturated carbocycles. The van der Waals surface area contributed by atoms with Gasteiger partial charge in [-0.2, -0.15) is 0 Å². The molecule has 1 fully saturated rings. The molecule has 0 bridgehead atoms. The van der Waals surface area contributed by atoms with E-state index >= 15 is 0 Å². The Kier molecular flexibility index (Phi) is 9.56. The van der Waals surface area contributed by atoms with Crippen molar-refractivity contribution in [1.29, 1.82) is 0 Å². The molecule has 6 heteroatoms. The van der Waals surface area contributed by atoms with Gasteiger partial charge in [0.05, 0.1) is 12.2 Å². The zero-order valence-electron chi connectivity index (χ0n) is 22.0. The van der Waals surface area contributed by atoms with Crippen LogP contribution in [0.5, 0.6) is 0 Å². The predicted octanol–water partition coefficient (Wildman–Crippen LogP) is 8.24. The van der Waals surface area contributed by atoms with Gasteiger partial charge >= 0.3 is 8.56 Å². The maximum atomic E-state index is 7.10. The summed E-state index contributed by atoms with van der Waals surface area (Å²) >= 11 is 2.42. The average molecular weight is 569 g/mol. The number of alkyl halides is 1. The molecule has 0 aromatic carbocycles. The third kappa shape index (κ3) is 6.22. The van der Waals surface area contributed by atoms with Crippen LogP contribution in [-0.4, -0.2) is 40.1 Å². The van der Waals surface area contributed by atoms with Gasteiger partial charge in [0.1, 0.15) is 0 Å². The fourth-order valence-electron chi connectivity index (χ4n) is 4.38. The average Bonchev–Trinajstić information content (AvgIpc) is 2.53. The molecule has 0 amide bonds. The second-order valence-corrected chi connectivity index (χ2v) is 23.1. The number of hydrogen-bond donors (Lipinski definition) is 0. The van der Waals surface area contributed by atoms with Crippen LogP contribution in [0.3, 0.4) is 0 Å². The van der Waals surface area contributed by atoms with Gasteiger partial charge < -0.3 is 13.3 Å². The lowest BCUT2D eigenvalue weighted by Crippen LogP contribution is -2.66. The fraction of sp³-hybridized carbons (Fsp3) is 0.917. The minimum atomic E-state index is -2.57. The zero-order chi connectivity index (χ0) is 23.8. The Bertz CT molecular complexity index is 583. The van der Waals surface area contributed by atoms with Crippen LogP contribution >= 0.6 is 22.6 Å². The van der Waals surface area contributed by atoms with Gasteiger partial charge in [0.15, 0.2) is 8.32 Å². The molecule has 1 aliphatic rings. The summed E-state index contributed by atoms with van der Waals surface area (Å²) in [4.78, 5) is 0. The highest BCUT2D eigenvalue weighted by atomic mass is 127. The minimum Gasteiger partial charge on any atom is -0.417 e. The monoisotopic (exact) mass is 568 g/mol. The van der Waals surface area contributed by atoms with Crippen molar-refractivity contribution in [2.75, 3.05) is 11.0 Å². The van der Waals surface area contributed by atoms with Crippen LogP contribution < -0.4 is 0 Å². The zero-order valence-corrected chi connectivity index (χ0v) is 26.2. The van der Waals surface area contributed by atoms with Crippen LogP contribution in [0.15, 0.2) is 11.6 Å². The van der Waals surface area contributed by atoms with Crippen LogP contribution in [-0.2, 0) is 13.3 Å². The van der Waals surface area contributed by atoms with E-state index in [0.717, 1.165) is 17.5 Å². The Hall–Kier alpha value is 0.784. The summed E-state index contributed by atoms with van der Waals surface area (Å²) in [6.07, 6.45) is 3.54. The third-order valence-corrected chi connectivity index (χ3v) is 17.3. The summed E-state index contributed by atoms with van der Waals surface area (Å²) in [6, 6.07) is 0. The lowest BCUT2D eigenvalue weighted by molar-refractivity contribution is -0.0587. The fourth-order valence-corrected chi connectivity index (χ4v) is 11.4. The highest BCUT2D eigenvalue weighted by Crippen LogP contribution is 2.56. The molecule has 1 heterocycles. The second-order valence-electron chi connectivity index (χ2n) is 12.7. The van der Waals surface area contributed by atoms with E-state index < -0.39 is 16.9 Å². The molecule has 0 radical (unpaired) electrons. The van der Waals surface area contributed by atoms with E-state index in [1.807, 2.05) is 0 Å². The van der Waals surface area contributed by atoms with E-state index in [4.69, 9.17) is 13.3 Å². The summed E-state index contributed by atoms with van der Waals surface area (Å²) < 4.78 is 21.7. The molecular weight excluding hydrogens is 519 g/mol. The number of allylic oxidation sites excluding steroid dienone is 1. The Morgan fingerprint density at radius 2 is 1.50 bits per heavy atom. The molecule has 1 aliphatic heterocycles. The van der Waals surface area contributed by atoms with Crippen LogP contribution in [0.2, 0.25) is 28.2 Å². The van der Waals surface area contributed by atoms with Crippen LogP contribution in [0, 0.1) is 5.92 Å². The molecule has 1 rings (SSSR count). The molecule has 3 atom stereocenters. The van der Waals surface area contributed by atoms with Gasteiger partial charge in [-0.1, -0.05) is 97.9 Å². The largest absolute Gasteiger partial charge is 0.417 e. The van der Waals surface area contributed by atoms with Gasteiger partial charge in [-0.3, -0.25) is 0 Å². The highest BCUT2D eigenvalue weighted by molar-refractivity contribution is 14.1. The Labute approximate surface area is 203 Å². The van der Waals surface area contributed by atoms with Crippen molar-refractivity contribution in [2.45, 2.75) is 123 Å². The molecule has 0 aromatic rings. The topological polar surface area (TPSA) is 27.7 Å². The van der Waals surface area contributed by atoms with Crippen molar-refractivity contribution < 1.29 is 13.3 Å². The molecule has 0 unspecified atom stereocenters. The SMILES string of the molecule is C/C(=C/CI)[C@@H]1O[Si](C(C)(C)C)(C(C)(C)C)O[C@@H](CCO[Si](C)(C)C(C)(C)C)[C@@H]1C. The summed E-state index contributed by atoms with van der Waals surface area (Å²) in [5.41, 5.74) is 1.35. The molecule has 178 valence electrons. The first-order chi connectivity index (χ1) is 13.3. The first kappa shape index (κ1) is 28.8. The van der Waals surface area contributed by atoms with Gasteiger partial charge in [-0.25, -0.2) is 0 Å². The van der Waals surface area contributed by atoms with E-state index in [-0.39, 0.29) is 27.3 Å². The summed E-state index contributed by atoms with van der Waals surface area (Å²) in [7, 11) is -4.33. The molecule has 1 saturated heterocycles. The number of hydrogen-bond acceptors (Lipinski definition) is 3. The Morgan fingerprint density at radius 1 is 1.00 bits per heavy atom. The molecule has 3 nitrogen and oxygen atoms in total.